The van der Waals surface area contributed by atoms with Crippen molar-refractivity contribution in [3.63, 3.8) is 0 Å². The minimum atomic E-state index is -2.63. The number of amides is 1. The molecule has 1 aromatic rings. The molecule has 0 spiro atoms. The fraction of sp³-hybridized carbons (Fsp3) is 0.462. The summed E-state index contributed by atoms with van der Waals surface area (Å²) in [5, 5.41) is 0.350. The van der Waals surface area contributed by atoms with E-state index in [1.165, 1.54) is 4.90 Å². The molecule has 18 heavy (non-hydrogen) atoms. The van der Waals surface area contributed by atoms with E-state index in [0.717, 1.165) is 5.56 Å². The minimum absolute atomic E-state index is 0.265. The molecule has 0 bridgehead atoms. The van der Waals surface area contributed by atoms with Crippen LogP contribution in [-0.2, 0) is 0 Å². The van der Waals surface area contributed by atoms with Crippen LogP contribution in [-0.4, -0.2) is 29.8 Å². The number of alkyl halides is 2. The molecule has 0 N–H and O–H groups in total. The molecular formula is C13H14ClF2NO. The zero-order chi connectivity index (χ0) is 13.5. The van der Waals surface area contributed by atoms with E-state index in [9.17, 15) is 13.6 Å². The van der Waals surface area contributed by atoms with Gasteiger partial charge < -0.3 is 4.90 Å². The Balaban J connectivity index is 2.14. The van der Waals surface area contributed by atoms with Gasteiger partial charge in [-0.1, -0.05) is 23.2 Å². The number of aryl methyl sites for hydroxylation is 1. The topological polar surface area (TPSA) is 20.3 Å². The van der Waals surface area contributed by atoms with Crippen LogP contribution in [0.15, 0.2) is 18.2 Å². The van der Waals surface area contributed by atoms with E-state index in [1.807, 2.05) is 6.92 Å². The normalized spacial score (nSPS) is 18.3. The van der Waals surface area contributed by atoms with E-state index in [-0.39, 0.29) is 18.7 Å². The van der Waals surface area contributed by atoms with E-state index in [1.54, 1.807) is 25.2 Å². The van der Waals surface area contributed by atoms with E-state index >= 15 is 0 Å². The molecule has 2 rings (SSSR count). The van der Waals surface area contributed by atoms with E-state index in [2.05, 4.69) is 0 Å². The number of hydrogen-bond donors (Lipinski definition) is 0. The summed E-state index contributed by atoms with van der Waals surface area (Å²) < 4.78 is 25.6. The van der Waals surface area contributed by atoms with Gasteiger partial charge in [0.2, 0.25) is 0 Å². The Labute approximate surface area is 110 Å². The van der Waals surface area contributed by atoms with Crippen LogP contribution in [0.4, 0.5) is 8.78 Å². The summed E-state index contributed by atoms with van der Waals surface area (Å²) in [5.74, 6) is -2.93. The van der Waals surface area contributed by atoms with Gasteiger partial charge >= 0.3 is 0 Å². The first kappa shape index (κ1) is 13.3. The van der Waals surface area contributed by atoms with Crippen molar-refractivity contribution in [3.05, 3.63) is 34.3 Å². The highest BCUT2D eigenvalue weighted by Crippen LogP contribution is 2.40. The SMILES string of the molecule is Cc1ccc(Cl)c(C(=O)N(C)C2CC(F)(F)C2)c1. The summed E-state index contributed by atoms with van der Waals surface area (Å²) in [5.41, 5.74) is 1.28. The molecule has 0 saturated heterocycles. The molecule has 0 radical (unpaired) electrons. The van der Waals surface area contributed by atoms with Crippen LogP contribution in [0, 0.1) is 6.92 Å². The standard InChI is InChI=1S/C13H14ClF2NO/c1-8-3-4-11(14)10(5-8)12(18)17(2)9-6-13(15,16)7-9/h3-5,9H,6-7H2,1-2H3. The Hall–Kier alpha value is -1.16. The van der Waals surface area contributed by atoms with Crippen LogP contribution in [0.5, 0.6) is 0 Å². The quantitative estimate of drug-likeness (QED) is 0.807. The van der Waals surface area contributed by atoms with E-state index in [4.69, 9.17) is 11.6 Å². The van der Waals surface area contributed by atoms with Crippen molar-refractivity contribution < 1.29 is 13.6 Å². The molecule has 5 heteroatoms. The van der Waals surface area contributed by atoms with Crippen molar-refractivity contribution in [1.29, 1.82) is 0 Å². The van der Waals surface area contributed by atoms with Crippen molar-refractivity contribution in [2.24, 2.45) is 0 Å². The summed E-state index contributed by atoms with van der Waals surface area (Å²) in [6.45, 7) is 1.85. The lowest BCUT2D eigenvalue weighted by Gasteiger charge is -2.40. The Bertz CT molecular complexity index is 482. The second-order valence-corrected chi connectivity index (χ2v) is 5.22. The second-order valence-electron chi connectivity index (χ2n) is 4.82. The smallest absolute Gasteiger partial charge is 0.255 e. The predicted octanol–water partition coefficient (Wildman–Crippen LogP) is 3.52. The van der Waals surface area contributed by atoms with Crippen molar-refractivity contribution in [2.45, 2.75) is 31.7 Å². The lowest BCUT2D eigenvalue weighted by atomic mass is 9.87. The van der Waals surface area contributed by atoms with Gasteiger partial charge in [-0.3, -0.25) is 4.79 Å². The highest BCUT2D eigenvalue weighted by molar-refractivity contribution is 6.33. The first-order valence-electron chi connectivity index (χ1n) is 5.71. The summed E-state index contributed by atoms with van der Waals surface area (Å²) in [4.78, 5) is 13.5. The highest BCUT2D eigenvalue weighted by Gasteiger charge is 2.48. The molecule has 1 aliphatic carbocycles. The molecule has 0 heterocycles. The van der Waals surface area contributed by atoms with Crippen LogP contribution in [0.3, 0.4) is 0 Å². The van der Waals surface area contributed by atoms with E-state index < -0.39 is 12.0 Å². The average molecular weight is 274 g/mol. The maximum atomic E-state index is 12.8. The van der Waals surface area contributed by atoms with Crippen LogP contribution in [0.2, 0.25) is 5.02 Å². The number of benzene rings is 1. The maximum Gasteiger partial charge on any atom is 0.255 e. The van der Waals surface area contributed by atoms with Crippen molar-refractivity contribution in [2.75, 3.05) is 7.05 Å². The predicted molar refractivity (Wildman–Crippen MR) is 66.3 cm³/mol. The molecule has 0 unspecified atom stereocenters. The Morgan fingerprint density at radius 1 is 1.44 bits per heavy atom. The summed E-state index contributed by atoms with van der Waals surface area (Å²) >= 11 is 5.96. The third-order valence-electron chi connectivity index (χ3n) is 3.29. The number of nitrogens with zero attached hydrogens (tertiary/aromatic N) is 1. The molecule has 2 nitrogen and oxygen atoms in total. The maximum absolute atomic E-state index is 12.8. The minimum Gasteiger partial charge on any atom is -0.338 e. The second kappa shape index (κ2) is 4.50. The highest BCUT2D eigenvalue weighted by atomic mass is 35.5. The molecule has 1 aromatic carbocycles. The molecule has 1 amide bonds. The van der Waals surface area contributed by atoms with Crippen LogP contribution < -0.4 is 0 Å². The van der Waals surface area contributed by atoms with Gasteiger partial charge in [0.1, 0.15) is 0 Å². The van der Waals surface area contributed by atoms with Gasteiger partial charge in [0, 0.05) is 25.9 Å². The Kier molecular flexibility index (Phi) is 3.32. The summed E-state index contributed by atoms with van der Waals surface area (Å²) in [7, 11) is 1.54. The number of halogens is 3. The molecule has 1 saturated carbocycles. The van der Waals surface area contributed by atoms with Gasteiger partial charge in [-0.15, -0.1) is 0 Å². The van der Waals surface area contributed by atoms with Gasteiger partial charge in [0.25, 0.3) is 11.8 Å². The Morgan fingerprint density at radius 2 is 2.06 bits per heavy atom. The van der Waals surface area contributed by atoms with Gasteiger partial charge in [0.05, 0.1) is 10.6 Å². The average Bonchev–Trinajstić information content (AvgIpc) is 2.27. The number of carbonyl (C=O) groups is 1. The fourth-order valence-corrected chi connectivity index (χ4v) is 2.26. The number of rotatable bonds is 2. The number of hydrogen-bond acceptors (Lipinski definition) is 1. The Morgan fingerprint density at radius 3 is 2.61 bits per heavy atom. The monoisotopic (exact) mass is 273 g/mol. The lowest BCUT2D eigenvalue weighted by Crippen LogP contribution is -2.51. The fourth-order valence-electron chi connectivity index (χ4n) is 2.06. The molecular weight excluding hydrogens is 260 g/mol. The lowest BCUT2D eigenvalue weighted by molar-refractivity contribution is -0.112. The molecule has 0 atom stereocenters. The zero-order valence-electron chi connectivity index (χ0n) is 10.2. The van der Waals surface area contributed by atoms with Crippen molar-refractivity contribution >= 4 is 17.5 Å². The molecule has 1 aliphatic rings. The summed E-state index contributed by atoms with van der Waals surface area (Å²) in [6, 6.07) is 4.73. The number of carbonyl (C=O) groups excluding carboxylic acids is 1. The van der Waals surface area contributed by atoms with Gasteiger partial charge in [-0.2, -0.15) is 0 Å². The molecule has 1 fully saturated rings. The summed E-state index contributed by atoms with van der Waals surface area (Å²) in [6.07, 6.45) is -0.530. The van der Waals surface area contributed by atoms with Crippen LogP contribution in [0.1, 0.15) is 28.8 Å². The van der Waals surface area contributed by atoms with Gasteiger partial charge in [-0.25, -0.2) is 8.78 Å². The largest absolute Gasteiger partial charge is 0.338 e. The van der Waals surface area contributed by atoms with Gasteiger partial charge in [-0.05, 0) is 19.1 Å². The first-order chi connectivity index (χ1) is 8.30. The van der Waals surface area contributed by atoms with Crippen molar-refractivity contribution in [3.8, 4) is 0 Å². The molecule has 98 valence electrons. The van der Waals surface area contributed by atoms with Crippen LogP contribution >= 0.6 is 11.6 Å². The van der Waals surface area contributed by atoms with E-state index in [0.29, 0.717) is 10.6 Å². The van der Waals surface area contributed by atoms with Crippen molar-refractivity contribution in [1.82, 2.24) is 4.90 Å². The third kappa shape index (κ3) is 2.48. The van der Waals surface area contributed by atoms with Gasteiger partial charge in [0.15, 0.2) is 0 Å². The van der Waals surface area contributed by atoms with Crippen LogP contribution in [0.25, 0.3) is 0 Å². The third-order valence-corrected chi connectivity index (χ3v) is 3.62. The molecule has 0 aromatic heterocycles. The first-order valence-corrected chi connectivity index (χ1v) is 6.09. The zero-order valence-corrected chi connectivity index (χ0v) is 11.0. The molecule has 0 aliphatic heterocycles.